The number of nitrogens with zero attached hydrogens (tertiary/aromatic N) is 2. The predicted molar refractivity (Wildman–Crippen MR) is 45.2 cm³/mol. The van der Waals surface area contributed by atoms with Crippen molar-refractivity contribution in [2.45, 2.75) is 6.92 Å². The van der Waals surface area contributed by atoms with Crippen molar-refractivity contribution in [2.24, 2.45) is 0 Å². The van der Waals surface area contributed by atoms with E-state index in [-0.39, 0.29) is 0 Å². The van der Waals surface area contributed by atoms with Crippen molar-refractivity contribution in [3.63, 3.8) is 0 Å². The van der Waals surface area contributed by atoms with E-state index in [1.807, 2.05) is 35.8 Å². The second-order valence-corrected chi connectivity index (χ2v) is 2.58. The van der Waals surface area contributed by atoms with E-state index in [0.717, 1.165) is 16.9 Å². The molecule has 0 aliphatic rings. The third-order valence-electron chi connectivity index (χ3n) is 1.85. The van der Waals surface area contributed by atoms with Crippen molar-refractivity contribution in [1.82, 2.24) is 9.55 Å². The van der Waals surface area contributed by atoms with E-state index in [9.17, 15) is 0 Å². The predicted octanol–water partition coefficient (Wildman–Crippen LogP) is 1.98. The first-order chi connectivity index (χ1) is 5.29. The Kier molecular flexibility index (Phi) is 1.15. The highest BCUT2D eigenvalue weighted by atomic mass is 15.0. The van der Waals surface area contributed by atoms with Crippen molar-refractivity contribution in [3.8, 4) is 0 Å². The van der Waals surface area contributed by atoms with Crippen LogP contribution in [0.3, 0.4) is 0 Å². The number of hydrogen-bond donors (Lipinski definition) is 0. The zero-order valence-electron chi connectivity index (χ0n) is 6.41. The molecule has 1 heterocycles. The van der Waals surface area contributed by atoms with Gasteiger partial charge in [-0.05, 0) is 11.6 Å². The van der Waals surface area contributed by atoms with Crippen LogP contribution < -0.4 is 0 Å². The number of benzene rings is 1. The molecule has 0 spiro atoms. The fourth-order valence-corrected chi connectivity index (χ4v) is 1.20. The molecular weight excluding hydrogens is 136 g/mol. The Hall–Kier alpha value is -1.44. The van der Waals surface area contributed by atoms with E-state index in [4.69, 9.17) is 0 Å². The maximum atomic E-state index is 4.31. The number of fused-ring (bicyclic) bond motifs is 1. The highest BCUT2D eigenvalue weighted by Crippen LogP contribution is 2.13. The van der Waals surface area contributed by atoms with E-state index < -0.39 is 0 Å². The molecule has 0 unspecified atom stereocenters. The quantitative estimate of drug-likeness (QED) is 0.518. The van der Waals surface area contributed by atoms with Gasteiger partial charge in [-0.25, -0.2) is 0 Å². The van der Waals surface area contributed by atoms with Gasteiger partial charge in [0.1, 0.15) is 0 Å². The lowest BCUT2D eigenvalue weighted by molar-refractivity contribution is 1.00. The van der Waals surface area contributed by atoms with Crippen LogP contribution in [-0.2, 0) is 0 Å². The molecule has 0 aliphatic carbocycles. The van der Waals surface area contributed by atoms with E-state index >= 15 is 0 Å². The minimum Gasteiger partial charge on any atom is -0.469 e. The summed E-state index contributed by atoms with van der Waals surface area (Å²) in [6.07, 6.45) is 0. The van der Waals surface area contributed by atoms with E-state index in [1.165, 1.54) is 0 Å². The topological polar surface area (TPSA) is 17.8 Å². The Morgan fingerprint density at radius 2 is 2.09 bits per heavy atom. The SMILES string of the molecule is [CH2-]n1c(C)nc2ccccc21. The fraction of sp³-hybridized carbons (Fsp3) is 0.111. The van der Waals surface area contributed by atoms with Crippen molar-refractivity contribution in [3.05, 3.63) is 37.1 Å². The molecule has 11 heavy (non-hydrogen) atoms. The molecule has 0 saturated carbocycles. The second-order valence-electron chi connectivity index (χ2n) is 2.58. The van der Waals surface area contributed by atoms with Crippen molar-refractivity contribution < 1.29 is 0 Å². The first-order valence-electron chi connectivity index (χ1n) is 3.54. The summed E-state index contributed by atoms with van der Waals surface area (Å²) in [7, 11) is 3.86. The standard InChI is InChI=1S/C9H9N2/c1-7-10-8-5-3-4-6-9(8)11(7)2/h3-6H,2H2,1H3/q-1. The molecule has 1 aromatic carbocycles. The van der Waals surface area contributed by atoms with Crippen LogP contribution in [-0.4, -0.2) is 9.55 Å². The number of imidazole rings is 1. The number of aryl methyl sites for hydroxylation is 1. The summed E-state index contributed by atoms with van der Waals surface area (Å²) >= 11 is 0. The second kappa shape index (κ2) is 2.02. The first-order valence-corrected chi connectivity index (χ1v) is 3.54. The van der Waals surface area contributed by atoms with Crippen molar-refractivity contribution >= 4 is 11.0 Å². The number of hydrogen-bond acceptors (Lipinski definition) is 1. The number of para-hydroxylation sites is 2. The van der Waals surface area contributed by atoms with Crippen LogP contribution in [0.2, 0.25) is 0 Å². The minimum atomic E-state index is 0.950. The summed E-state index contributed by atoms with van der Waals surface area (Å²) in [6, 6.07) is 7.98. The summed E-state index contributed by atoms with van der Waals surface area (Å²) < 4.78 is 1.84. The smallest absolute Gasteiger partial charge is 0.0186 e. The van der Waals surface area contributed by atoms with Crippen LogP contribution in [0.1, 0.15) is 5.82 Å². The lowest BCUT2D eigenvalue weighted by atomic mass is 10.3. The van der Waals surface area contributed by atoms with Gasteiger partial charge in [0.05, 0.1) is 0 Å². The van der Waals surface area contributed by atoms with E-state index in [2.05, 4.69) is 12.0 Å². The molecule has 0 fully saturated rings. The molecule has 56 valence electrons. The average Bonchev–Trinajstić information content (AvgIpc) is 2.30. The lowest BCUT2D eigenvalue weighted by Crippen LogP contribution is -1.86. The third-order valence-corrected chi connectivity index (χ3v) is 1.85. The van der Waals surface area contributed by atoms with Crippen LogP contribution in [0.5, 0.6) is 0 Å². The normalized spacial score (nSPS) is 10.6. The van der Waals surface area contributed by atoms with Gasteiger partial charge in [0.25, 0.3) is 0 Å². The average molecular weight is 145 g/mol. The molecule has 2 rings (SSSR count). The van der Waals surface area contributed by atoms with Crippen molar-refractivity contribution in [1.29, 1.82) is 0 Å². The summed E-state index contributed by atoms with van der Waals surface area (Å²) in [5.41, 5.74) is 2.10. The molecular formula is C9H9N2-. The molecule has 0 bridgehead atoms. The summed E-state index contributed by atoms with van der Waals surface area (Å²) in [4.78, 5) is 4.31. The maximum absolute atomic E-state index is 4.31. The Morgan fingerprint density at radius 1 is 1.36 bits per heavy atom. The van der Waals surface area contributed by atoms with Gasteiger partial charge < -0.3 is 9.55 Å². The summed E-state index contributed by atoms with van der Waals surface area (Å²) in [5, 5.41) is 0. The molecule has 0 atom stereocenters. The van der Waals surface area contributed by atoms with E-state index in [1.54, 1.807) is 0 Å². The zero-order chi connectivity index (χ0) is 7.84. The summed E-state index contributed by atoms with van der Waals surface area (Å²) in [5.74, 6) is 0.950. The minimum absolute atomic E-state index is 0.950. The van der Waals surface area contributed by atoms with Gasteiger partial charge in [-0.15, -0.1) is 7.05 Å². The number of aromatic nitrogens is 2. The highest BCUT2D eigenvalue weighted by molar-refractivity contribution is 5.75. The molecule has 2 heteroatoms. The van der Waals surface area contributed by atoms with Crippen LogP contribution in [0.25, 0.3) is 11.0 Å². The van der Waals surface area contributed by atoms with Crippen molar-refractivity contribution in [2.75, 3.05) is 0 Å². The zero-order valence-corrected chi connectivity index (χ0v) is 6.41. The molecule has 1 aromatic heterocycles. The van der Waals surface area contributed by atoms with Crippen LogP contribution in [0, 0.1) is 14.0 Å². The Balaban J connectivity index is 2.92. The Morgan fingerprint density at radius 3 is 2.82 bits per heavy atom. The monoisotopic (exact) mass is 145 g/mol. The molecule has 2 aromatic rings. The maximum Gasteiger partial charge on any atom is 0.0186 e. The van der Waals surface area contributed by atoms with Gasteiger partial charge in [0.15, 0.2) is 0 Å². The Bertz CT molecular complexity index is 387. The third kappa shape index (κ3) is 0.792. The lowest BCUT2D eigenvalue weighted by Gasteiger charge is -2.04. The Labute approximate surface area is 65.5 Å². The van der Waals surface area contributed by atoms with E-state index in [0.29, 0.717) is 0 Å². The molecule has 0 amide bonds. The first kappa shape index (κ1) is 6.28. The molecule has 2 nitrogen and oxygen atoms in total. The van der Waals surface area contributed by atoms with Gasteiger partial charge in [-0.1, -0.05) is 25.1 Å². The van der Waals surface area contributed by atoms with Gasteiger partial charge in [-0.3, -0.25) is 0 Å². The molecule has 0 radical (unpaired) electrons. The summed E-state index contributed by atoms with van der Waals surface area (Å²) in [6.45, 7) is 1.95. The van der Waals surface area contributed by atoms with Crippen LogP contribution >= 0.6 is 0 Å². The van der Waals surface area contributed by atoms with Gasteiger partial charge in [-0.2, -0.15) is 0 Å². The molecule has 0 N–H and O–H groups in total. The highest BCUT2D eigenvalue weighted by Gasteiger charge is 1.91. The van der Waals surface area contributed by atoms with Gasteiger partial charge in [0, 0.05) is 11.3 Å². The molecule has 0 aliphatic heterocycles. The van der Waals surface area contributed by atoms with Crippen LogP contribution in [0.4, 0.5) is 0 Å². The van der Waals surface area contributed by atoms with Crippen LogP contribution in [0.15, 0.2) is 24.3 Å². The number of rotatable bonds is 0. The van der Waals surface area contributed by atoms with Gasteiger partial charge in [0.2, 0.25) is 0 Å². The molecule has 0 saturated heterocycles. The fourth-order valence-electron chi connectivity index (χ4n) is 1.20. The van der Waals surface area contributed by atoms with Gasteiger partial charge >= 0.3 is 0 Å². The largest absolute Gasteiger partial charge is 0.469 e.